The monoisotopic (exact) mass is 612 g/mol. The van der Waals surface area contributed by atoms with Crippen LogP contribution in [0.4, 0.5) is 0 Å². The van der Waals surface area contributed by atoms with Gasteiger partial charge in [0.15, 0.2) is 0 Å². The number of nitrogens with zero attached hydrogens (tertiary/aromatic N) is 1. The maximum absolute atomic E-state index is 13.8. The zero-order valence-electron chi connectivity index (χ0n) is 21.5. The summed E-state index contributed by atoms with van der Waals surface area (Å²) < 4.78 is 0.979. The Balaban J connectivity index is 1.56. The topological polar surface area (TPSA) is 49.4 Å². The van der Waals surface area contributed by atoms with Crippen LogP contribution in [0.25, 0.3) is 0 Å². The Morgan fingerprint density at radius 2 is 1.63 bits per heavy atom. The highest BCUT2D eigenvalue weighted by atomic mass is 79.9. The summed E-state index contributed by atoms with van der Waals surface area (Å²) in [7, 11) is 0. The normalized spacial score (nSPS) is 14.6. The molecular formula is C31H34BrClN2O2S. The number of halogens is 2. The molecule has 0 unspecified atom stereocenters. The average molecular weight is 614 g/mol. The Labute approximate surface area is 243 Å². The number of carbonyl (C=O) groups excluding carboxylic acids is 2. The summed E-state index contributed by atoms with van der Waals surface area (Å²) in [6.07, 6.45) is 5.96. The van der Waals surface area contributed by atoms with Gasteiger partial charge in [0.05, 0.1) is 5.75 Å². The highest BCUT2D eigenvalue weighted by molar-refractivity contribution is 9.10. The Morgan fingerprint density at radius 1 is 0.921 bits per heavy atom. The summed E-state index contributed by atoms with van der Waals surface area (Å²) in [5.74, 6) is 0.854. The Kier molecular flexibility index (Phi) is 11.2. The average Bonchev–Trinajstić information content (AvgIpc) is 2.93. The summed E-state index contributed by atoms with van der Waals surface area (Å²) in [4.78, 5) is 29.4. The number of hydrogen-bond acceptors (Lipinski definition) is 3. The van der Waals surface area contributed by atoms with E-state index in [9.17, 15) is 9.59 Å². The molecule has 4 nitrogen and oxygen atoms in total. The molecule has 4 rings (SSSR count). The molecule has 0 aromatic heterocycles. The van der Waals surface area contributed by atoms with Crippen LogP contribution >= 0.6 is 39.3 Å². The van der Waals surface area contributed by atoms with E-state index >= 15 is 0 Å². The Hall–Kier alpha value is -2.28. The van der Waals surface area contributed by atoms with Crippen molar-refractivity contribution in [1.82, 2.24) is 10.2 Å². The lowest BCUT2D eigenvalue weighted by Crippen LogP contribution is -2.53. The molecule has 0 radical (unpaired) electrons. The van der Waals surface area contributed by atoms with Gasteiger partial charge in [-0.15, -0.1) is 11.8 Å². The van der Waals surface area contributed by atoms with E-state index in [1.807, 2.05) is 78.9 Å². The second-order valence-electron chi connectivity index (χ2n) is 9.82. The summed E-state index contributed by atoms with van der Waals surface area (Å²) in [5, 5.41) is 3.98. The molecule has 1 fully saturated rings. The first kappa shape index (κ1) is 28.7. The van der Waals surface area contributed by atoms with Crippen molar-refractivity contribution >= 4 is 51.1 Å². The fourth-order valence-electron chi connectivity index (χ4n) is 4.85. The summed E-state index contributed by atoms with van der Waals surface area (Å²) in [6, 6.07) is 25.2. The van der Waals surface area contributed by atoms with Crippen molar-refractivity contribution in [1.29, 1.82) is 0 Å². The second kappa shape index (κ2) is 14.8. The van der Waals surface area contributed by atoms with Gasteiger partial charge in [-0.1, -0.05) is 101 Å². The van der Waals surface area contributed by atoms with E-state index in [0.717, 1.165) is 46.8 Å². The lowest BCUT2D eigenvalue weighted by molar-refractivity contribution is -0.139. The van der Waals surface area contributed by atoms with Crippen LogP contribution in [0.2, 0.25) is 5.02 Å². The minimum absolute atomic E-state index is 0.0420. The molecule has 200 valence electrons. The van der Waals surface area contributed by atoms with E-state index in [4.69, 9.17) is 11.6 Å². The van der Waals surface area contributed by atoms with Crippen molar-refractivity contribution < 1.29 is 9.59 Å². The van der Waals surface area contributed by atoms with Crippen LogP contribution in [-0.2, 0) is 28.3 Å². The molecule has 38 heavy (non-hydrogen) atoms. The van der Waals surface area contributed by atoms with Crippen molar-refractivity contribution in [2.24, 2.45) is 0 Å². The molecule has 0 saturated heterocycles. The SMILES string of the molecule is O=C(NC1CCCCC1)[C@H](Cc1ccccc1)N(Cc1ccc(Br)cc1)C(=O)CSCc1cccc(Cl)c1. The molecule has 1 saturated carbocycles. The predicted molar refractivity (Wildman–Crippen MR) is 161 cm³/mol. The summed E-state index contributed by atoms with van der Waals surface area (Å²) in [5.41, 5.74) is 3.10. The van der Waals surface area contributed by atoms with E-state index in [2.05, 4.69) is 21.2 Å². The highest BCUT2D eigenvalue weighted by Crippen LogP contribution is 2.22. The molecule has 0 bridgehead atoms. The van der Waals surface area contributed by atoms with Gasteiger partial charge < -0.3 is 10.2 Å². The zero-order chi connectivity index (χ0) is 26.7. The number of carbonyl (C=O) groups is 2. The fraction of sp³-hybridized carbons (Fsp3) is 0.355. The number of amides is 2. The third kappa shape index (κ3) is 8.89. The molecule has 3 aromatic rings. The van der Waals surface area contributed by atoms with Gasteiger partial charge in [0.2, 0.25) is 11.8 Å². The minimum Gasteiger partial charge on any atom is -0.352 e. The number of nitrogens with one attached hydrogen (secondary N) is 1. The minimum atomic E-state index is -0.595. The van der Waals surface area contributed by atoms with Gasteiger partial charge in [0.1, 0.15) is 6.04 Å². The van der Waals surface area contributed by atoms with Gasteiger partial charge in [0, 0.05) is 34.3 Å². The van der Waals surface area contributed by atoms with Gasteiger partial charge in [-0.05, 0) is 53.8 Å². The first-order valence-corrected chi connectivity index (χ1v) is 15.5. The van der Waals surface area contributed by atoms with E-state index in [1.54, 1.807) is 16.7 Å². The molecule has 0 aliphatic heterocycles. The zero-order valence-corrected chi connectivity index (χ0v) is 24.6. The number of benzene rings is 3. The van der Waals surface area contributed by atoms with E-state index in [0.29, 0.717) is 23.7 Å². The molecular weight excluding hydrogens is 580 g/mol. The van der Waals surface area contributed by atoms with Crippen LogP contribution in [0.5, 0.6) is 0 Å². The molecule has 1 aliphatic carbocycles. The molecule has 1 aliphatic rings. The molecule has 3 aromatic carbocycles. The number of thioether (sulfide) groups is 1. The molecule has 2 amide bonds. The lowest BCUT2D eigenvalue weighted by atomic mass is 9.94. The van der Waals surface area contributed by atoms with Crippen LogP contribution in [0.1, 0.15) is 48.8 Å². The van der Waals surface area contributed by atoms with Crippen molar-refractivity contribution in [3.8, 4) is 0 Å². The molecule has 1 N–H and O–H groups in total. The number of rotatable bonds is 11. The molecule has 1 atom stereocenters. The lowest BCUT2D eigenvalue weighted by Gasteiger charge is -2.33. The highest BCUT2D eigenvalue weighted by Gasteiger charge is 2.31. The molecule has 0 spiro atoms. The van der Waals surface area contributed by atoms with Gasteiger partial charge in [0.25, 0.3) is 0 Å². The maximum atomic E-state index is 13.8. The Morgan fingerprint density at radius 3 is 2.34 bits per heavy atom. The first-order chi connectivity index (χ1) is 18.5. The third-order valence-corrected chi connectivity index (χ3v) is 8.62. The van der Waals surface area contributed by atoms with Crippen LogP contribution in [0, 0.1) is 0 Å². The Bertz CT molecular complexity index is 1190. The fourth-order valence-corrected chi connectivity index (χ4v) is 6.19. The standard InChI is InChI=1S/C31H34BrClN2O2S/c32-26-16-14-24(15-17-26)20-35(30(36)22-38-21-25-10-7-11-27(33)18-25)29(19-23-8-3-1-4-9-23)31(37)34-28-12-5-2-6-13-28/h1,3-4,7-11,14-18,28-29H,2,5-6,12-13,19-22H2,(H,34,37)/t29-/m0/s1. The van der Waals surface area contributed by atoms with Crippen molar-refractivity contribution in [3.63, 3.8) is 0 Å². The van der Waals surface area contributed by atoms with Gasteiger partial charge in [-0.25, -0.2) is 0 Å². The maximum Gasteiger partial charge on any atom is 0.243 e. The van der Waals surface area contributed by atoms with Crippen molar-refractivity contribution in [3.05, 3.63) is 105 Å². The summed E-state index contributed by atoms with van der Waals surface area (Å²) in [6.45, 7) is 0.374. The molecule has 0 heterocycles. The van der Waals surface area contributed by atoms with Crippen molar-refractivity contribution in [2.75, 3.05) is 5.75 Å². The predicted octanol–water partition coefficient (Wildman–Crippen LogP) is 7.42. The largest absolute Gasteiger partial charge is 0.352 e. The van der Waals surface area contributed by atoms with Gasteiger partial charge in [-0.2, -0.15) is 0 Å². The third-order valence-electron chi connectivity index (χ3n) is 6.87. The molecule has 7 heteroatoms. The second-order valence-corrected chi connectivity index (χ2v) is 12.2. The van der Waals surface area contributed by atoms with Crippen LogP contribution in [-0.4, -0.2) is 34.6 Å². The van der Waals surface area contributed by atoms with Crippen molar-refractivity contribution in [2.45, 2.75) is 62.9 Å². The van der Waals surface area contributed by atoms with Gasteiger partial charge >= 0.3 is 0 Å². The number of hydrogen-bond donors (Lipinski definition) is 1. The van der Waals surface area contributed by atoms with E-state index < -0.39 is 6.04 Å². The van der Waals surface area contributed by atoms with E-state index in [1.165, 1.54) is 6.42 Å². The quantitative estimate of drug-likeness (QED) is 0.245. The van der Waals surface area contributed by atoms with E-state index in [-0.39, 0.29) is 23.6 Å². The first-order valence-electron chi connectivity index (χ1n) is 13.2. The smallest absolute Gasteiger partial charge is 0.243 e. The van der Waals surface area contributed by atoms with Gasteiger partial charge in [-0.3, -0.25) is 9.59 Å². The van der Waals surface area contributed by atoms with Crippen LogP contribution < -0.4 is 5.32 Å². The summed E-state index contributed by atoms with van der Waals surface area (Å²) >= 11 is 11.2. The van der Waals surface area contributed by atoms with Crippen LogP contribution in [0.15, 0.2) is 83.3 Å². The van der Waals surface area contributed by atoms with Crippen LogP contribution in [0.3, 0.4) is 0 Å².